The Kier molecular flexibility index (Phi) is 3.08. The lowest BCUT2D eigenvalue weighted by atomic mass is 9.83. The number of benzene rings is 1. The molecule has 2 heterocycles. The monoisotopic (exact) mass is 287 g/mol. The van der Waals surface area contributed by atoms with Crippen molar-refractivity contribution < 1.29 is 22.4 Å². The van der Waals surface area contributed by atoms with Gasteiger partial charge in [-0.25, -0.2) is 4.39 Å². The second-order valence-electron chi connectivity index (χ2n) is 5.46. The summed E-state index contributed by atoms with van der Waals surface area (Å²) < 4.78 is 50.7. The number of Topliss-reactive ketones (excluding diaryl/α,β-unsaturated/α-hetero) is 1. The number of nitrogens with one attached hydrogen (secondary N) is 1. The molecule has 3 rings (SSSR count). The molecule has 0 aromatic heterocycles. The lowest BCUT2D eigenvalue weighted by Crippen LogP contribution is -2.24. The van der Waals surface area contributed by atoms with E-state index in [-0.39, 0.29) is 12.0 Å². The number of halogens is 4. The standard InChI is InChI=1S/C14H13F4NO/c15-11-5-7(10-6-8-2-4-12(10)19-8)1-3-9(11)13(20)14(16,17)18/h1,3,5,8,10,12,19H,2,4,6H2. The van der Waals surface area contributed by atoms with Crippen molar-refractivity contribution in [1.82, 2.24) is 5.32 Å². The summed E-state index contributed by atoms with van der Waals surface area (Å²) in [6.07, 6.45) is -2.08. The van der Waals surface area contributed by atoms with Crippen molar-refractivity contribution in [2.24, 2.45) is 0 Å². The van der Waals surface area contributed by atoms with E-state index in [1.807, 2.05) is 0 Å². The van der Waals surface area contributed by atoms with Gasteiger partial charge in [-0.2, -0.15) is 13.2 Å². The van der Waals surface area contributed by atoms with Gasteiger partial charge in [-0.15, -0.1) is 0 Å². The van der Waals surface area contributed by atoms with E-state index in [4.69, 9.17) is 0 Å². The number of hydrogen-bond donors (Lipinski definition) is 1. The largest absolute Gasteiger partial charge is 0.454 e. The van der Waals surface area contributed by atoms with Gasteiger partial charge in [0.1, 0.15) is 5.82 Å². The molecule has 0 aliphatic carbocycles. The quantitative estimate of drug-likeness (QED) is 0.668. The van der Waals surface area contributed by atoms with Crippen LogP contribution in [0.25, 0.3) is 0 Å². The third-order valence-corrected chi connectivity index (χ3v) is 4.22. The average molecular weight is 287 g/mol. The minimum Gasteiger partial charge on any atom is -0.311 e. The second kappa shape index (κ2) is 4.55. The zero-order chi connectivity index (χ0) is 14.5. The Bertz CT molecular complexity index is 555. The molecule has 2 saturated heterocycles. The molecule has 1 aromatic rings. The lowest BCUT2D eigenvalue weighted by molar-refractivity contribution is -0.0887. The van der Waals surface area contributed by atoms with E-state index in [1.54, 1.807) is 0 Å². The van der Waals surface area contributed by atoms with Crippen LogP contribution in [0.15, 0.2) is 18.2 Å². The molecule has 2 fully saturated rings. The third kappa shape index (κ3) is 2.22. The maximum Gasteiger partial charge on any atom is 0.454 e. The van der Waals surface area contributed by atoms with Crippen LogP contribution in [0, 0.1) is 5.82 Å². The van der Waals surface area contributed by atoms with Crippen LogP contribution in [0.5, 0.6) is 0 Å². The van der Waals surface area contributed by atoms with Crippen molar-refractivity contribution in [1.29, 1.82) is 0 Å². The fourth-order valence-corrected chi connectivity index (χ4v) is 3.29. The molecular formula is C14H13F4NO. The van der Waals surface area contributed by atoms with E-state index in [9.17, 15) is 22.4 Å². The summed E-state index contributed by atoms with van der Waals surface area (Å²) in [6, 6.07) is 4.15. The van der Waals surface area contributed by atoms with Crippen molar-refractivity contribution in [3.63, 3.8) is 0 Å². The maximum atomic E-state index is 13.8. The summed E-state index contributed by atoms with van der Waals surface area (Å²) in [4.78, 5) is 11.1. The summed E-state index contributed by atoms with van der Waals surface area (Å²) >= 11 is 0. The van der Waals surface area contributed by atoms with Crippen molar-refractivity contribution in [2.45, 2.75) is 43.4 Å². The van der Waals surface area contributed by atoms with Crippen LogP contribution in [0.4, 0.5) is 17.6 Å². The molecule has 1 N–H and O–H groups in total. The molecule has 0 radical (unpaired) electrons. The first-order valence-corrected chi connectivity index (χ1v) is 6.53. The molecule has 0 amide bonds. The highest BCUT2D eigenvalue weighted by Crippen LogP contribution is 2.40. The van der Waals surface area contributed by atoms with Crippen LogP contribution in [-0.4, -0.2) is 24.0 Å². The smallest absolute Gasteiger partial charge is 0.311 e. The molecule has 3 unspecified atom stereocenters. The van der Waals surface area contributed by atoms with Crippen LogP contribution >= 0.6 is 0 Å². The number of alkyl halides is 3. The van der Waals surface area contributed by atoms with Crippen molar-refractivity contribution in [2.75, 3.05) is 0 Å². The predicted octanol–water partition coefficient (Wildman–Crippen LogP) is 3.18. The number of carbonyl (C=O) groups is 1. The molecule has 2 aliphatic heterocycles. The molecule has 0 spiro atoms. The normalized spacial score (nSPS) is 28.9. The Morgan fingerprint density at radius 3 is 2.50 bits per heavy atom. The molecule has 2 aliphatic rings. The Morgan fingerprint density at radius 1 is 1.25 bits per heavy atom. The van der Waals surface area contributed by atoms with Crippen molar-refractivity contribution >= 4 is 5.78 Å². The Balaban J connectivity index is 1.87. The maximum absolute atomic E-state index is 13.8. The topological polar surface area (TPSA) is 29.1 Å². The molecule has 1 aromatic carbocycles. The first-order valence-electron chi connectivity index (χ1n) is 6.53. The van der Waals surface area contributed by atoms with Crippen LogP contribution in [0.2, 0.25) is 0 Å². The van der Waals surface area contributed by atoms with Crippen LogP contribution in [-0.2, 0) is 0 Å². The highest BCUT2D eigenvalue weighted by Gasteiger charge is 2.42. The van der Waals surface area contributed by atoms with Gasteiger partial charge >= 0.3 is 6.18 Å². The van der Waals surface area contributed by atoms with Gasteiger partial charge in [0, 0.05) is 18.0 Å². The first-order chi connectivity index (χ1) is 9.36. The number of ketones is 1. The molecule has 0 saturated carbocycles. The molecule has 20 heavy (non-hydrogen) atoms. The van der Waals surface area contributed by atoms with Gasteiger partial charge in [-0.1, -0.05) is 6.07 Å². The number of rotatable bonds is 2. The van der Waals surface area contributed by atoms with E-state index < -0.39 is 23.3 Å². The summed E-state index contributed by atoms with van der Waals surface area (Å²) in [7, 11) is 0. The summed E-state index contributed by atoms with van der Waals surface area (Å²) in [5.74, 6) is -3.10. The Labute approximate surface area is 113 Å². The Morgan fingerprint density at radius 2 is 2.00 bits per heavy atom. The fraction of sp³-hybridized carbons (Fsp3) is 0.500. The zero-order valence-electron chi connectivity index (χ0n) is 10.5. The third-order valence-electron chi connectivity index (χ3n) is 4.22. The van der Waals surface area contributed by atoms with Gasteiger partial charge < -0.3 is 5.32 Å². The van der Waals surface area contributed by atoms with Crippen molar-refractivity contribution in [3.05, 3.63) is 35.1 Å². The van der Waals surface area contributed by atoms with Gasteiger partial charge in [0.05, 0.1) is 5.56 Å². The van der Waals surface area contributed by atoms with Crippen LogP contribution in [0.1, 0.15) is 41.1 Å². The van der Waals surface area contributed by atoms with Crippen LogP contribution < -0.4 is 5.32 Å². The van der Waals surface area contributed by atoms with Gasteiger partial charge in [0.25, 0.3) is 5.78 Å². The molecule has 2 nitrogen and oxygen atoms in total. The highest BCUT2D eigenvalue weighted by atomic mass is 19.4. The highest BCUT2D eigenvalue weighted by molar-refractivity contribution is 6.00. The number of fused-ring (bicyclic) bond motifs is 2. The minimum atomic E-state index is -5.05. The van der Waals surface area contributed by atoms with E-state index >= 15 is 0 Å². The predicted molar refractivity (Wildman–Crippen MR) is 64.1 cm³/mol. The van der Waals surface area contributed by atoms with Gasteiger partial charge in [-0.3, -0.25) is 4.79 Å². The summed E-state index contributed by atoms with van der Waals surface area (Å²) in [5.41, 5.74) is -0.238. The van der Waals surface area contributed by atoms with Crippen molar-refractivity contribution in [3.8, 4) is 0 Å². The summed E-state index contributed by atoms with van der Waals surface area (Å²) in [6.45, 7) is 0. The van der Waals surface area contributed by atoms with E-state index in [0.29, 0.717) is 11.6 Å². The van der Waals surface area contributed by atoms with E-state index in [0.717, 1.165) is 31.4 Å². The lowest BCUT2D eigenvalue weighted by Gasteiger charge is -2.21. The Hall–Kier alpha value is -1.43. The van der Waals surface area contributed by atoms with Crippen LogP contribution in [0.3, 0.4) is 0 Å². The first kappa shape index (κ1) is 13.5. The molecule has 108 valence electrons. The van der Waals surface area contributed by atoms with E-state index in [2.05, 4.69) is 5.32 Å². The van der Waals surface area contributed by atoms with Gasteiger partial charge in [0.15, 0.2) is 0 Å². The molecular weight excluding hydrogens is 274 g/mol. The summed E-state index contributed by atoms with van der Waals surface area (Å²) in [5, 5.41) is 3.39. The number of hydrogen-bond acceptors (Lipinski definition) is 2. The molecule has 3 atom stereocenters. The zero-order valence-corrected chi connectivity index (χ0v) is 10.5. The fourth-order valence-electron chi connectivity index (χ4n) is 3.29. The molecule has 6 heteroatoms. The molecule has 2 bridgehead atoms. The number of carbonyl (C=O) groups excluding carboxylic acids is 1. The minimum absolute atomic E-state index is 0.123. The van der Waals surface area contributed by atoms with E-state index in [1.165, 1.54) is 6.07 Å². The van der Waals surface area contributed by atoms with Gasteiger partial charge in [-0.05, 0) is 37.0 Å². The SMILES string of the molecule is O=C(c1ccc(C2CC3CCC2N3)cc1F)C(F)(F)F. The second-order valence-corrected chi connectivity index (χ2v) is 5.46. The van der Waals surface area contributed by atoms with Gasteiger partial charge in [0.2, 0.25) is 0 Å². The average Bonchev–Trinajstić information content (AvgIpc) is 2.99.